The van der Waals surface area contributed by atoms with E-state index in [1.54, 1.807) is 30.3 Å². The number of aromatic carboxylic acids is 1. The molecular formula is C21H13Cl2F2NO3. The Bertz CT molecular complexity index is 1150. The van der Waals surface area contributed by atoms with Crippen molar-refractivity contribution in [2.45, 2.75) is 18.4 Å². The van der Waals surface area contributed by atoms with E-state index in [2.05, 4.69) is 5.16 Å². The summed E-state index contributed by atoms with van der Waals surface area (Å²) in [6, 6.07) is 14.0. The maximum atomic E-state index is 14.2. The molecule has 0 aliphatic carbocycles. The molecule has 1 aliphatic rings. The molecule has 0 saturated carbocycles. The average molecular weight is 436 g/mol. The fourth-order valence-electron chi connectivity index (χ4n) is 3.53. The quantitative estimate of drug-likeness (QED) is 0.535. The first-order chi connectivity index (χ1) is 13.8. The Hall–Kier alpha value is -2.70. The van der Waals surface area contributed by atoms with Crippen LogP contribution < -0.4 is 0 Å². The minimum atomic E-state index is -2.90. The molecule has 1 unspecified atom stereocenters. The van der Waals surface area contributed by atoms with Crippen LogP contribution in [0.3, 0.4) is 0 Å². The number of rotatable bonds is 4. The lowest BCUT2D eigenvalue weighted by Gasteiger charge is -2.26. The Kier molecular flexibility index (Phi) is 4.92. The number of alkyl halides is 2. The minimum absolute atomic E-state index is 0.116. The van der Waals surface area contributed by atoms with Gasteiger partial charge in [0.1, 0.15) is 0 Å². The summed E-state index contributed by atoms with van der Waals surface area (Å²) in [5.74, 6) is -1.08. The molecule has 1 atom stereocenters. The van der Waals surface area contributed by atoms with Gasteiger partial charge in [-0.05, 0) is 35.0 Å². The zero-order chi connectivity index (χ0) is 20.8. The van der Waals surface area contributed by atoms with Gasteiger partial charge in [0, 0.05) is 27.6 Å². The van der Waals surface area contributed by atoms with Gasteiger partial charge in [0.05, 0.1) is 11.3 Å². The Morgan fingerprint density at radius 2 is 1.72 bits per heavy atom. The Morgan fingerprint density at radius 1 is 1.07 bits per heavy atom. The molecule has 148 valence electrons. The summed E-state index contributed by atoms with van der Waals surface area (Å²) in [6.07, 6.45) is -3.12. The van der Waals surface area contributed by atoms with Crippen molar-refractivity contribution in [1.29, 1.82) is 0 Å². The number of fused-ring (bicyclic) bond motifs is 1. The fourth-order valence-corrected chi connectivity index (χ4v) is 4.05. The van der Waals surface area contributed by atoms with Crippen LogP contribution in [-0.2, 0) is 10.4 Å². The van der Waals surface area contributed by atoms with Crippen LogP contribution in [0, 0.1) is 0 Å². The van der Waals surface area contributed by atoms with Gasteiger partial charge in [-0.15, -0.1) is 0 Å². The zero-order valence-corrected chi connectivity index (χ0v) is 16.2. The van der Waals surface area contributed by atoms with Gasteiger partial charge in [0.25, 0.3) is 6.43 Å². The van der Waals surface area contributed by atoms with E-state index in [-0.39, 0.29) is 33.3 Å². The number of benzene rings is 3. The van der Waals surface area contributed by atoms with Crippen molar-refractivity contribution in [3.8, 4) is 0 Å². The number of halogens is 4. The maximum absolute atomic E-state index is 14.2. The predicted octanol–water partition coefficient (Wildman–Crippen LogP) is 6.13. The molecule has 4 nitrogen and oxygen atoms in total. The predicted molar refractivity (Wildman–Crippen MR) is 107 cm³/mol. The number of carboxylic acids is 1. The van der Waals surface area contributed by atoms with Crippen molar-refractivity contribution in [3.05, 3.63) is 81.3 Å². The normalized spacial score (nSPS) is 18.7. The van der Waals surface area contributed by atoms with Crippen molar-refractivity contribution in [2.75, 3.05) is 0 Å². The SMILES string of the molecule is O=C(O)c1ccc(C2=NOC(c3cc(Cl)cc(Cl)c3)(C(F)F)C2)c2ccccc12. The van der Waals surface area contributed by atoms with Gasteiger partial charge in [-0.3, -0.25) is 0 Å². The van der Waals surface area contributed by atoms with Gasteiger partial charge in [0.2, 0.25) is 5.60 Å². The van der Waals surface area contributed by atoms with Crippen LogP contribution in [0.15, 0.2) is 59.8 Å². The highest BCUT2D eigenvalue weighted by molar-refractivity contribution is 6.34. The van der Waals surface area contributed by atoms with E-state index in [1.165, 1.54) is 24.3 Å². The molecule has 0 fully saturated rings. The molecule has 3 aromatic carbocycles. The molecule has 0 radical (unpaired) electrons. The third kappa shape index (κ3) is 3.32. The number of nitrogens with zero attached hydrogens (tertiary/aromatic N) is 1. The molecule has 1 heterocycles. The number of hydrogen-bond donors (Lipinski definition) is 1. The lowest BCUT2D eigenvalue weighted by Crippen LogP contribution is -2.35. The Balaban J connectivity index is 1.81. The summed E-state index contributed by atoms with van der Waals surface area (Å²) in [5, 5.41) is 14.9. The maximum Gasteiger partial charge on any atom is 0.336 e. The van der Waals surface area contributed by atoms with Crippen molar-refractivity contribution >= 4 is 45.7 Å². The van der Waals surface area contributed by atoms with E-state index in [1.807, 2.05) is 0 Å². The second-order valence-electron chi connectivity index (χ2n) is 6.67. The van der Waals surface area contributed by atoms with E-state index in [9.17, 15) is 18.7 Å². The van der Waals surface area contributed by atoms with E-state index in [4.69, 9.17) is 28.0 Å². The van der Waals surface area contributed by atoms with Crippen LogP contribution in [0.4, 0.5) is 8.78 Å². The van der Waals surface area contributed by atoms with Gasteiger partial charge < -0.3 is 9.94 Å². The van der Waals surface area contributed by atoms with Gasteiger partial charge in [0.15, 0.2) is 0 Å². The van der Waals surface area contributed by atoms with E-state index in [0.717, 1.165) is 0 Å². The highest BCUT2D eigenvalue weighted by Gasteiger charge is 2.50. The topological polar surface area (TPSA) is 58.9 Å². The monoisotopic (exact) mass is 435 g/mol. The summed E-state index contributed by atoms with van der Waals surface area (Å²) in [6.45, 7) is 0. The lowest BCUT2D eigenvalue weighted by molar-refractivity contribution is -0.129. The molecule has 0 saturated heterocycles. The number of hydrogen-bond acceptors (Lipinski definition) is 3. The van der Waals surface area contributed by atoms with E-state index in [0.29, 0.717) is 16.3 Å². The Labute approximate surface area is 174 Å². The molecule has 3 aromatic rings. The Morgan fingerprint density at radius 3 is 2.34 bits per heavy atom. The van der Waals surface area contributed by atoms with Crippen molar-refractivity contribution in [3.63, 3.8) is 0 Å². The summed E-state index contributed by atoms with van der Waals surface area (Å²) in [5.41, 5.74) is -0.979. The summed E-state index contributed by atoms with van der Waals surface area (Å²) >= 11 is 12.0. The van der Waals surface area contributed by atoms with E-state index < -0.39 is 18.0 Å². The molecule has 0 amide bonds. The van der Waals surface area contributed by atoms with Crippen molar-refractivity contribution in [1.82, 2.24) is 0 Å². The van der Waals surface area contributed by atoms with E-state index >= 15 is 0 Å². The summed E-state index contributed by atoms with van der Waals surface area (Å²) in [7, 11) is 0. The molecule has 0 aromatic heterocycles. The van der Waals surface area contributed by atoms with Crippen molar-refractivity contribution < 1.29 is 23.5 Å². The van der Waals surface area contributed by atoms with Gasteiger partial charge in [-0.25, -0.2) is 13.6 Å². The minimum Gasteiger partial charge on any atom is -0.478 e. The lowest BCUT2D eigenvalue weighted by atomic mass is 9.86. The van der Waals surface area contributed by atoms with Crippen LogP contribution in [0.25, 0.3) is 10.8 Å². The average Bonchev–Trinajstić information content (AvgIpc) is 3.13. The van der Waals surface area contributed by atoms with Crippen LogP contribution in [0.5, 0.6) is 0 Å². The van der Waals surface area contributed by atoms with Gasteiger partial charge in [-0.1, -0.05) is 58.7 Å². The molecule has 1 aliphatic heterocycles. The largest absolute Gasteiger partial charge is 0.478 e. The standard InChI is InChI=1S/C21H13Cl2F2NO3/c22-12-7-11(8-13(23)9-12)21(20(24)25)10-18(26-29-21)16-5-6-17(19(27)28)15-4-2-1-3-14(15)16/h1-9,20H,10H2,(H,27,28). The molecule has 0 bridgehead atoms. The highest BCUT2D eigenvalue weighted by atomic mass is 35.5. The third-order valence-corrected chi connectivity index (χ3v) is 5.35. The first-order valence-corrected chi connectivity index (χ1v) is 9.32. The molecular weight excluding hydrogens is 423 g/mol. The van der Waals surface area contributed by atoms with Gasteiger partial charge >= 0.3 is 5.97 Å². The first-order valence-electron chi connectivity index (χ1n) is 8.57. The molecule has 0 spiro atoms. The molecule has 4 rings (SSSR count). The van der Waals surface area contributed by atoms with Gasteiger partial charge in [-0.2, -0.15) is 0 Å². The summed E-state index contributed by atoms with van der Waals surface area (Å²) in [4.78, 5) is 16.8. The smallest absolute Gasteiger partial charge is 0.336 e. The second kappa shape index (κ2) is 7.28. The van der Waals surface area contributed by atoms with Crippen LogP contribution in [0.1, 0.15) is 27.9 Å². The first kappa shape index (κ1) is 19.6. The third-order valence-electron chi connectivity index (χ3n) is 4.92. The number of oxime groups is 1. The molecule has 8 heteroatoms. The summed E-state index contributed by atoms with van der Waals surface area (Å²) < 4.78 is 28.3. The second-order valence-corrected chi connectivity index (χ2v) is 7.54. The highest BCUT2D eigenvalue weighted by Crippen LogP contribution is 2.44. The van der Waals surface area contributed by atoms with Crippen molar-refractivity contribution in [2.24, 2.45) is 5.16 Å². The van der Waals surface area contributed by atoms with Crippen LogP contribution >= 0.6 is 23.2 Å². The zero-order valence-electron chi connectivity index (χ0n) is 14.7. The number of carbonyl (C=O) groups is 1. The van der Waals surface area contributed by atoms with Crippen LogP contribution in [0.2, 0.25) is 10.0 Å². The number of carboxylic acid groups (broad SMARTS) is 1. The fraction of sp³-hybridized carbons (Fsp3) is 0.143. The molecule has 1 N–H and O–H groups in total. The van der Waals surface area contributed by atoms with Crippen LogP contribution in [-0.4, -0.2) is 23.2 Å². The molecule has 29 heavy (non-hydrogen) atoms.